The molecule has 0 amide bonds. The van der Waals surface area contributed by atoms with Crippen molar-refractivity contribution in [2.24, 2.45) is 5.10 Å². The highest BCUT2D eigenvalue weighted by molar-refractivity contribution is 9.10. The lowest BCUT2D eigenvalue weighted by atomic mass is 9.96. The van der Waals surface area contributed by atoms with Crippen molar-refractivity contribution in [3.8, 4) is 5.75 Å². The van der Waals surface area contributed by atoms with Crippen LogP contribution in [0.15, 0.2) is 88.4 Å². The van der Waals surface area contributed by atoms with Crippen LogP contribution in [0, 0.1) is 0 Å². The topological polar surface area (TPSA) is 24.8 Å². The predicted molar refractivity (Wildman–Crippen MR) is 106 cm³/mol. The van der Waals surface area contributed by atoms with Gasteiger partial charge in [0.05, 0.1) is 11.8 Å². The summed E-state index contributed by atoms with van der Waals surface area (Å²) in [4.78, 5) is 0. The zero-order valence-electron chi connectivity index (χ0n) is 14.0. The van der Waals surface area contributed by atoms with E-state index in [-0.39, 0.29) is 12.3 Å². The third kappa shape index (κ3) is 2.61. The van der Waals surface area contributed by atoms with Gasteiger partial charge in [-0.25, -0.2) is 5.01 Å². The summed E-state index contributed by atoms with van der Waals surface area (Å²) in [5.41, 5.74) is 4.58. The van der Waals surface area contributed by atoms with E-state index in [0.717, 1.165) is 27.9 Å². The van der Waals surface area contributed by atoms with E-state index in [1.807, 2.05) is 24.3 Å². The van der Waals surface area contributed by atoms with Crippen LogP contribution in [0.1, 0.15) is 35.4 Å². The summed E-state index contributed by atoms with van der Waals surface area (Å²) in [6, 6.07) is 27.2. The molecule has 3 aromatic carbocycles. The summed E-state index contributed by atoms with van der Waals surface area (Å²) in [6.45, 7) is 0. The Bertz CT molecular complexity index is 986. The molecule has 4 heteroatoms. The quantitative estimate of drug-likeness (QED) is 0.547. The minimum atomic E-state index is -0.228. The number of benzene rings is 3. The molecule has 0 fully saturated rings. The van der Waals surface area contributed by atoms with Gasteiger partial charge in [0, 0.05) is 22.0 Å². The van der Waals surface area contributed by atoms with Gasteiger partial charge in [0.15, 0.2) is 0 Å². The zero-order valence-corrected chi connectivity index (χ0v) is 15.6. The van der Waals surface area contributed by atoms with Crippen molar-refractivity contribution in [1.29, 1.82) is 0 Å². The van der Waals surface area contributed by atoms with Gasteiger partial charge in [-0.15, -0.1) is 0 Å². The summed E-state index contributed by atoms with van der Waals surface area (Å²) in [6.07, 6.45) is 0.656. The van der Waals surface area contributed by atoms with E-state index in [4.69, 9.17) is 9.84 Å². The smallest absolute Gasteiger partial charge is 0.213 e. The highest BCUT2D eigenvalue weighted by atomic mass is 79.9. The Morgan fingerprint density at radius 2 is 1.73 bits per heavy atom. The second kappa shape index (κ2) is 6.29. The maximum atomic E-state index is 6.37. The fourth-order valence-electron chi connectivity index (χ4n) is 3.72. The van der Waals surface area contributed by atoms with Crippen LogP contribution in [0.5, 0.6) is 5.75 Å². The minimum Gasteiger partial charge on any atom is -0.464 e. The van der Waals surface area contributed by atoms with E-state index >= 15 is 0 Å². The van der Waals surface area contributed by atoms with E-state index in [2.05, 4.69) is 75.5 Å². The van der Waals surface area contributed by atoms with Crippen molar-refractivity contribution < 1.29 is 4.74 Å². The normalized spacial score (nSPS) is 20.8. The van der Waals surface area contributed by atoms with Crippen LogP contribution < -0.4 is 4.74 Å². The van der Waals surface area contributed by atoms with Gasteiger partial charge >= 0.3 is 0 Å². The summed E-state index contributed by atoms with van der Waals surface area (Å²) >= 11 is 3.57. The first kappa shape index (κ1) is 15.6. The Kier molecular flexibility index (Phi) is 3.79. The molecule has 2 heterocycles. The number of para-hydroxylation sites is 1. The van der Waals surface area contributed by atoms with Crippen LogP contribution in [0.25, 0.3) is 0 Å². The molecule has 0 aliphatic carbocycles. The molecule has 3 aromatic rings. The zero-order chi connectivity index (χ0) is 17.5. The van der Waals surface area contributed by atoms with Crippen LogP contribution in [-0.2, 0) is 0 Å². The largest absolute Gasteiger partial charge is 0.464 e. The summed E-state index contributed by atoms with van der Waals surface area (Å²) < 4.78 is 7.41. The molecule has 0 bridgehead atoms. The van der Waals surface area contributed by atoms with Crippen LogP contribution in [-0.4, -0.2) is 10.7 Å². The molecule has 0 spiro atoms. The lowest BCUT2D eigenvalue weighted by Crippen LogP contribution is -2.33. The van der Waals surface area contributed by atoms with E-state index in [0.29, 0.717) is 0 Å². The fraction of sp³-hybridized carbons (Fsp3) is 0.136. The number of nitrogens with zero attached hydrogens (tertiary/aromatic N) is 2. The first-order valence-electron chi connectivity index (χ1n) is 8.72. The molecular weight excluding hydrogens is 388 g/mol. The lowest BCUT2D eigenvalue weighted by Gasteiger charge is -2.38. The Morgan fingerprint density at radius 1 is 0.923 bits per heavy atom. The van der Waals surface area contributed by atoms with Crippen molar-refractivity contribution >= 4 is 21.6 Å². The van der Waals surface area contributed by atoms with Crippen LogP contribution in [0.3, 0.4) is 0 Å². The average molecular weight is 405 g/mol. The van der Waals surface area contributed by atoms with Gasteiger partial charge in [0.1, 0.15) is 5.75 Å². The molecule has 0 unspecified atom stereocenters. The van der Waals surface area contributed by atoms with Gasteiger partial charge in [-0.05, 0) is 23.8 Å². The number of hydrazone groups is 1. The monoisotopic (exact) mass is 404 g/mol. The molecule has 0 N–H and O–H groups in total. The van der Waals surface area contributed by atoms with Gasteiger partial charge in [0.25, 0.3) is 0 Å². The molecule has 2 aliphatic rings. The van der Waals surface area contributed by atoms with Crippen molar-refractivity contribution in [3.63, 3.8) is 0 Å². The van der Waals surface area contributed by atoms with Gasteiger partial charge in [0.2, 0.25) is 6.23 Å². The number of halogens is 1. The standard InChI is InChI=1S/C22H17BrN2O/c23-17-10-6-9-16(13-17)22-25-20(18-11-4-5-12-21(18)26-22)14-19(24-25)15-7-2-1-3-8-15/h1-13,20,22H,14H2/t20-,22-/m0/s1. The third-order valence-corrected chi connectivity index (χ3v) is 5.43. The van der Waals surface area contributed by atoms with E-state index in [1.165, 1.54) is 11.1 Å². The second-order valence-electron chi connectivity index (χ2n) is 6.58. The Labute approximate surface area is 161 Å². The van der Waals surface area contributed by atoms with Crippen LogP contribution in [0.2, 0.25) is 0 Å². The molecule has 3 nitrogen and oxygen atoms in total. The number of hydrogen-bond donors (Lipinski definition) is 0. The molecular formula is C22H17BrN2O. The third-order valence-electron chi connectivity index (χ3n) is 4.94. The number of fused-ring (bicyclic) bond motifs is 3. The molecule has 5 rings (SSSR count). The second-order valence-corrected chi connectivity index (χ2v) is 7.49. The molecule has 0 saturated heterocycles. The van der Waals surface area contributed by atoms with E-state index < -0.39 is 0 Å². The molecule has 0 aromatic heterocycles. The lowest BCUT2D eigenvalue weighted by molar-refractivity contribution is -0.0190. The van der Waals surface area contributed by atoms with E-state index in [9.17, 15) is 0 Å². The highest BCUT2D eigenvalue weighted by Gasteiger charge is 2.40. The Balaban J connectivity index is 1.61. The SMILES string of the molecule is Brc1cccc([C@@H]2Oc3ccccc3[C@@H]3CC(c4ccccc4)=NN32)c1. The molecule has 0 saturated carbocycles. The van der Waals surface area contributed by atoms with Gasteiger partial charge < -0.3 is 4.74 Å². The minimum absolute atomic E-state index is 0.194. The highest BCUT2D eigenvalue weighted by Crippen LogP contribution is 2.47. The van der Waals surface area contributed by atoms with E-state index in [1.54, 1.807) is 0 Å². The van der Waals surface area contributed by atoms with Crippen molar-refractivity contribution in [1.82, 2.24) is 5.01 Å². The molecule has 2 aliphatic heterocycles. The van der Waals surface area contributed by atoms with Crippen molar-refractivity contribution in [2.45, 2.75) is 18.7 Å². The summed E-state index contributed by atoms with van der Waals surface area (Å²) in [5.74, 6) is 0.947. The summed E-state index contributed by atoms with van der Waals surface area (Å²) in [7, 11) is 0. The maximum absolute atomic E-state index is 6.37. The fourth-order valence-corrected chi connectivity index (χ4v) is 4.14. The molecule has 0 radical (unpaired) electrons. The molecule has 2 atom stereocenters. The average Bonchev–Trinajstić information content (AvgIpc) is 3.14. The summed E-state index contributed by atoms with van der Waals surface area (Å²) in [5, 5.41) is 7.09. The van der Waals surface area contributed by atoms with Crippen molar-refractivity contribution in [3.05, 3.63) is 100 Å². The first-order valence-corrected chi connectivity index (χ1v) is 9.51. The first-order chi connectivity index (χ1) is 12.8. The van der Waals surface area contributed by atoms with Gasteiger partial charge in [-0.3, -0.25) is 0 Å². The number of hydrogen-bond acceptors (Lipinski definition) is 3. The van der Waals surface area contributed by atoms with Crippen LogP contribution in [0.4, 0.5) is 0 Å². The maximum Gasteiger partial charge on any atom is 0.213 e. The Morgan fingerprint density at radius 3 is 2.58 bits per heavy atom. The molecule has 128 valence electrons. The van der Waals surface area contributed by atoms with Gasteiger partial charge in [-0.2, -0.15) is 5.10 Å². The predicted octanol–water partition coefficient (Wildman–Crippen LogP) is 5.69. The molecule has 26 heavy (non-hydrogen) atoms. The van der Waals surface area contributed by atoms with Crippen molar-refractivity contribution in [2.75, 3.05) is 0 Å². The van der Waals surface area contributed by atoms with Gasteiger partial charge in [-0.1, -0.05) is 76.6 Å². The number of ether oxygens (including phenoxy) is 1. The Hall–Kier alpha value is -2.59. The van der Waals surface area contributed by atoms with Crippen LogP contribution >= 0.6 is 15.9 Å². The number of rotatable bonds is 2.